The maximum atomic E-state index is 14.7. The number of rotatable bonds is 10. The highest BCUT2D eigenvalue weighted by molar-refractivity contribution is 5.88. The smallest absolute Gasteiger partial charge is 0.261 e. The molecule has 3 aromatic rings. The first-order valence-electron chi connectivity index (χ1n) is 13.1. The molecular weight excluding hydrogens is 467 g/mol. The molecule has 1 aliphatic rings. The number of amides is 2. The van der Waals surface area contributed by atoms with Crippen LogP contribution in [0.1, 0.15) is 48.8 Å². The number of hydrogen-bond acceptors (Lipinski definition) is 3. The zero-order valence-electron chi connectivity index (χ0n) is 21.4. The number of nitrogens with zero attached hydrogens (tertiary/aromatic N) is 1. The van der Waals surface area contributed by atoms with Crippen LogP contribution in [0.25, 0.3) is 0 Å². The molecule has 1 fully saturated rings. The van der Waals surface area contributed by atoms with Crippen LogP contribution in [0.4, 0.5) is 4.39 Å². The second-order valence-electron chi connectivity index (χ2n) is 9.76. The van der Waals surface area contributed by atoms with E-state index in [4.69, 9.17) is 4.74 Å². The van der Waals surface area contributed by atoms with Crippen LogP contribution in [0.5, 0.6) is 5.75 Å². The molecule has 2 amide bonds. The summed E-state index contributed by atoms with van der Waals surface area (Å²) >= 11 is 0. The van der Waals surface area contributed by atoms with Gasteiger partial charge in [0.25, 0.3) is 5.91 Å². The normalized spacial score (nSPS) is 14.5. The van der Waals surface area contributed by atoms with Crippen molar-refractivity contribution in [3.63, 3.8) is 0 Å². The molecule has 0 saturated heterocycles. The van der Waals surface area contributed by atoms with E-state index >= 15 is 0 Å². The Balaban J connectivity index is 1.61. The second kappa shape index (κ2) is 13.0. The van der Waals surface area contributed by atoms with Gasteiger partial charge in [0.05, 0.1) is 0 Å². The number of halogens is 1. The van der Waals surface area contributed by atoms with E-state index in [1.807, 2.05) is 49.4 Å². The Bertz CT molecular complexity index is 1160. The van der Waals surface area contributed by atoms with Crippen molar-refractivity contribution in [1.82, 2.24) is 10.2 Å². The van der Waals surface area contributed by atoms with Gasteiger partial charge in [-0.25, -0.2) is 4.39 Å². The summed E-state index contributed by atoms with van der Waals surface area (Å²) in [7, 11) is 0. The molecule has 1 aliphatic carbocycles. The third kappa shape index (κ3) is 7.66. The van der Waals surface area contributed by atoms with Crippen molar-refractivity contribution in [3.05, 3.63) is 101 Å². The number of carbonyl (C=O) groups excluding carboxylic acids is 2. The molecule has 0 heterocycles. The first-order chi connectivity index (χ1) is 18.0. The highest BCUT2D eigenvalue weighted by atomic mass is 19.1. The van der Waals surface area contributed by atoms with Crippen molar-refractivity contribution < 1.29 is 18.7 Å². The lowest BCUT2D eigenvalue weighted by molar-refractivity contribution is -0.143. The summed E-state index contributed by atoms with van der Waals surface area (Å²) in [5.41, 5.74) is 2.37. The van der Waals surface area contributed by atoms with E-state index in [1.165, 1.54) is 17.4 Å². The Labute approximate surface area is 218 Å². The van der Waals surface area contributed by atoms with Gasteiger partial charge in [0.1, 0.15) is 17.6 Å². The van der Waals surface area contributed by atoms with Crippen LogP contribution in [-0.4, -0.2) is 35.4 Å². The van der Waals surface area contributed by atoms with Crippen LogP contribution in [0.15, 0.2) is 78.9 Å². The van der Waals surface area contributed by atoms with Crippen molar-refractivity contribution in [2.24, 2.45) is 0 Å². The Kier molecular flexibility index (Phi) is 9.30. The van der Waals surface area contributed by atoms with Crippen LogP contribution in [0, 0.1) is 12.7 Å². The number of ether oxygens (including phenoxy) is 1. The molecule has 1 N–H and O–H groups in total. The molecular formula is C31H35FN2O3. The molecule has 0 spiro atoms. The third-order valence-electron chi connectivity index (χ3n) is 6.90. The van der Waals surface area contributed by atoms with Gasteiger partial charge in [-0.3, -0.25) is 9.59 Å². The fourth-order valence-corrected chi connectivity index (χ4v) is 4.77. The highest BCUT2D eigenvalue weighted by Crippen LogP contribution is 2.21. The molecule has 0 aliphatic heterocycles. The van der Waals surface area contributed by atoms with Gasteiger partial charge in [0.15, 0.2) is 6.61 Å². The molecule has 0 aromatic heterocycles. The van der Waals surface area contributed by atoms with E-state index in [0.29, 0.717) is 17.7 Å². The molecule has 5 nitrogen and oxygen atoms in total. The van der Waals surface area contributed by atoms with Gasteiger partial charge in [-0.2, -0.15) is 0 Å². The monoisotopic (exact) mass is 502 g/mol. The zero-order valence-corrected chi connectivity index (χ0v) is 21.4. The summed E-state index contributed by atoms with van der Waals surface area (Å²) < 4.78 is 20.5. The summed E-state index contributed by atoms with van der Waals surface area (Å²) in [4.78, 5) is 28.8. The molecule has 0 bridgehead atoms. The van der Waals surface area contributed by atoms with Gasteiger partial charge in [-0.15, -0.1) is 0 Å². The maximum Gasteiger partial charge on any atom is 0.261 e. The fourth-order valence-electron chi connectivity index (χ4n) is 4.77. The van der Waals surface area contributed by atoms with Crippen LogP contribution in [-0.2, 0) is 22.6 Å². The van der Waals surface area contributed by atoms with Crippen molar-refractivity contribution in [2.45, 2.75) is 64.1 Å². The lowest BCUT2D eigenvalue weighted by Crippen LogP contribution is -2.53. The summed E-state index contributed by atoms with van der Waals surface area (Å²) in [6.07, 6.45) is 5.52. The van der Waals surface area contributed by atoms with E-state index in [1.54, 1.807) is 30.3 Å². The van der Waals surface area contributed by atoms with Gasteiger partial charge in [0.2, 0.25) is 5.91 Å². The first-order valence-corrected chi connectivity index (χ1v) is 13.1. The number of hydrogen-bond donors (Lipinski definition) is 1. The molecule has 6 heteroatoms. The minimum Gasteiger partial charge on any atom is -0.484 e. The largest absolute Gasteiger partial charge is 0.484 e. The lowest BCUT2D eigenvalue weighted by Gasteiger charge is -2.33. The molecule has 37 heavy (non-hydrogen) atoms. The summed E-state index contributed by atoms with van der Waals surface area (Å²) in [5.74, 6) is -0.429. The van der Waals surface area contributed by atoms with Gasteiger partial charge in [-0.05, 0) is 43.5 Å². The van der Waals surface area contributed by atoms with E-state index in [-0.39, 0.29) is 31.0 Å². The van der Waals surface area contributed by atoms with Crippen molar-refractivity contribution in [2.75, 3.05) is 6.61 Å². The predicted molar refractivity (Wildman–Crippen MR) is 143 cm³/mol. The Morgan fingerprint density at radius 3 is 2.32 bits per heavy atom. The van der Waals surface area contributed by atoms with E-state index in [2.05, 4.69) is 5.32 Å². The zero-order chi connectivity index (χ0) is 26.0. The molecule has 1 unspecified atom stereocenters. The summed E-state index contributed by atoms with van der Waals surface area (Å²) in [6, 6.07) is 22.7. The maximum absolute atomic E-state index is 14.7. The Hall–Kier alpha value is -3.67. The Morgan fingerprint density at radius 1 is 0.946 bits per heavy atom. The SMILES string of the molecule is Cc1ccc(OCC(=O)N(Cc2ccccc2F)C(Cc2ccccc2)C(=O)NC2CCCCC2)cc1. The van der Waals surface area contributed by atoms with E-state index in [9.17, 15) is 14.0 Å². The van der Waals surface area contributed by atoms with Crippen molar-refractivity contribution in [3.8, 4) is 5.75 Å². The van der Waals surface area contributed by atoms with Crippen LogP contribution < -0.4 is 10.1 Å². The van der Waals surface area contributed by atoms with Crippen LogP contribution in [0.2, 0.25) is 0 Å². The number of carbonyl (C=O) groups is 2. The molecule has 1 atom stereocenters. The number of benzene rings is 3. The minimum absolute atomic E-state index is 0.0294. The van der Waals surface area contributed by atoms with Crippen LogP contribution in [0.3, 0.4) is 0 Å². The van der Waals surface area contributed by atoms with Gasteiger partial charge in [0, 0.05) is 24.6 Å². The standard InChI is InChI=1S/C31H35FN2O3/c1-23-16-18-27(19-17-23)37-22-30(35)34(21-25-12-8-9-15-28(25)32)29(20-24-10-4-2-5-11-24)31(36)33-26-13-6-3-7-14-26/h2,4-5,8-12,15-19,26,29H,3,6-7,13-14,20-22H2,1H3,(H,33,36). The molecule has 4 rings (SSSR count). The quantitative estimate of drug-likeness (QED) is 0.393. The van der Waals surface area contributed by atoms with Crippen LogP contribution >= 0.6 is 0 Å². The summed E-state index contributed by atoms with van der Waals surface area (Å²) in [6.45, 7) is 1.70. The van der Waals surface area contributed by atoms with Crippen molar-refractivity contribution >= 4 is 11.8 Å². The molecule has 0 radical (unpaired) electrons. The molecule has 194 valence electrons. The van der Waals surface area contributed by atoms with Crippen molar-refractivity contribution in [1.29, 1.82) is 0 Å². The van der Waals surface area contributed by atoms with Gasteiger partial charge >= 0.3 is 0 Å². The first kappa shape index (κ1) is 26.4. The number of aryl methyl sites for hydroxylation is 1. The summed E-state index contributed by atoms with van der Waals surface area (Å²) in [5, 5.41) is 3.19. The minimum atomic E-state index is -0.807. The average Bonchev–Trinajstić information content (AvgIpc) is 2.92. The van der Waals surface area contributed by atoms with E-state index < -0.39 is 11.9 Å². The fraction of sp³-hybridized carbons (Fsp3) is 0.355. The predicted octanol–water partition coefficient (Wildman–Crippen LogP) is 5.60. The highest BCUT2D eigenvalue weighted by Gasteiger charge is 2.32. The Morgan fingerprint density at radius 2 is 1.62 bits per heavy atom. The molecule has 1 saturated carbocycles. The van der Waals surface area contributed by atoms with E-state index in [0.717, 1.165) is 36.8 Å². The van der Waals surface area contributed by atoms with Gasteiger partial charge in [-0.1, -0.05) is 85.5 Å². The second-order valence-corrected chi connectivity index (χ2v) is 9.76. The third-order valence-corrected chi connectivity index (χ3v) is 6.90. The molecule has 3 aromatic carbocycles. The lowest BCUT2D eigenvalue weighted by atomic mass is 9.94. The van der Waals surface area contributed by atoms with Gasteiger partial charge < -0.3 is 15.0 Å². The topological polar surface area (TPSA) is 58.6 Å². The average molecular weight is 503 g/mol. The number of nitrogens with one attached hydrogen (secondary N) is 1.